The number of Topliss-reactive ketones (excluding diaryl/α,β-unsaturated/α-hetero) is 1. The van der Waals surface area contributed by atoms with Gasteiger partial charge in [0.2, 0.25) is 0 Å². The van der Waals surface area contributed by atoms with Gasteiger partial charge in [0.1, 0.15) is 5.78 Å². The monoisotopic (exact) mass is 420 g/mol. The fourth-order valence-electron chi connectivity index (χ4n) is 4.19. The maximum absolute atomic E-state index is 13.2. The Bertz CT molecular complexity index is 655. The molecule has 1 aliphatic rings. The number of hydrogen-bond acceptors (Lipinski definition) is 5. The van der Waals surface area contributed by atoms with Gasteiger partial charge in [-0.15, -0.1) is 0 Å². The van der Waals surface area contributed by atoms with Crippen LogP contribution in [0.2, 0.25) is 0 Å². The lowest BCUT2D eigenvalue weighted by Gasteiger charge is -2.44. The number of aliphatic hydroxyl groups is 1. The van der Waals surface area contributed by atoms with Crippen molar-refractivity contribution in [1.29, 1.82) is 0 Å². The first-order valence-electron chi connectivity index (χ1n) is 11.2. The van der Waals surface area contributed by atoms with Crippen molar-refractivity contribution >= 4 is 5.78 Å². The summed E-state index contributed by atoms with van der Waals surface area (Å²) in [5, 5.41) is 10.8. The maximum Gasteiger partial charge on any atom is 0.163 e. The zero-order chi connectivity index (χ0) is 22.4. The Labute approximate surface area is 182 Å². The van der Waals surface area contributed by atoms with Crippen LogP contribution < -0.4 is 0 Å². The zero-order valence-electron chi connectivity index (χ0n) is 19.5. The van der Waals surface area contributed by atoms with Gasteiger partial charge in [-0.2, -0.15) is 0 Å². The highest BCUT2D eigenvalue weighted by Crippen LogP contribution is 2.37. The van der Waals surface area contributed by atoms with E-state index in [1.54, 1.807) is 0 Å². The maximum atomic E-state index is 13.2. The van der Waals surface area contributed by atoms with Crippen molar-refractivity contribution in [3.8, 4) is 0 Å². The van der Waals surface area contributed by atoms with Gasteiger partial charge in [0.05, 0.1) is 30.8 Å². The first-order chi connectivity index (χ1) is 14.0. The van der Waals surface area contributed by atoms with Gasteiger partial charge in [-0.25, -0.2) is 0 Å². The highest BCUT2D eigenvalue weighted by molar-refractivity contribution is 5.87. The van der Waals surface area contributed by atoms with E-state index in [9.17, 15) is 9.90 Å². The second-order valence-electron chi connectivity index (χ2n) is 9.67. The topological polar surface area (TPSA) is 65.0 Å². The van der Waals surface area contributed by atoms with E-state index in [0.29, 0.717) is 26.2 Å². The molecule has 0 bridgehead atoms. The summed E-state index contributed by atoms with van der Waals surface area (Å²) in [6.07, 6.45) is 1.45. The lowest BCUT2D eigenvalue weighted by molar-refractivity contribution is -0.289. The van der Waals surface area contributed by atoms with Crippen molar-refractivity contribution < 1.29 is 24.1 Å². The van der Waals surface area contributed by atoms with Gasteiger partial charge in [0, 0.05) is 12.5 Å². The summed E-state index contributed by atoms with van der Waals surface area (Å²) in [5.41, 5.74) is 0.477. The van der Waals surface area contributed by atoms with Gasteiger partial charge in [-0.1, -0.05) is 58.0 Å². The van der Waals surface area contributed by atoms with Gasteiger partial charge >= 0.3 is 0 Å². The minimum atomic E-state index is -0.685. The summed E-state index contributed by atoms with van der Waals surface area (Å²) in [6, 6.07) is 10.1. The van der Waals surface area contributed by atoms with Crippen LogP contribution in [0.15, 0.2) is 30.3 Å². The second-order valence-corrected chi connectivity index (χ2v) is 9.67. The first kappa shape index (κ1) is 25.0. The largest absolute Gasteiger partial charge is 0.392 e. The molecule has 1 heterocycles. The van der Waals surface area contributed by atoms with Gasteiger partial charge in [0.15, 0.2) is 5.79 Å². The van der Waals surface area contributed by atoms with E-state index in [4.69, 9.17) is 14.2 Å². The van der Waals surface area contributed by atoms with Crippen molar-refractivity contribution in [2.75, 3.05) is 13.2 Å². The molecule has 1 saturated heterocycles. The average molecular weight is 421 g/mol. The Balaban J connectivity index is 1.79. The Hall–Kier alpha value is -1.27. The van der Waals surface area contributed by atoms with Crippen LogP contribution in [0.4, 0.5) is 0 Å². The number of ketones is 1. The molecule has 0 amide bonds. The van der Waals surface area contributed by atoms with E-state index in [1.165, 1.54) is 0 Å². The van der Waals surface area contributed by atoms with E-state index in [2.05, 4.69) is 0 Å². The summed E-state index contributed by atoms with van der Waals surface area (Å²) < 4.78 is 17.4. The third-order valence-corrected chi connectivity index (χ3v) is 6.26. The fourth-order valence-corrected chi connectivity index (χ4v) is 4.19. The molecule has 5 heteroatoms. The summed E-state index contributed by atoms with van der Waals surface area (Å²) in [5.74, 6) is -1.07. The van der Waals surface area contributed by atoms with Crippen molar-refractivity contribution in [3.05, 3.63) is 35.9 Å². The van der Waals surface area contributed by atoms with Crippen LogP contribution in [0.3, 0.4) is 0 Å². The Morgan fingerprint density at radius 3 is 2.57 bits per heavy atom. The van der Waals surface area contributed by atoms with Crippen LogP contribution >= 0.6 is 0 Å². The normalized spacial score (nSPS) is 22.3. The Kier molecular flexibility index (Phi) is 9.04. The molecule has 5 nitrogen and oxygen atoms in total. The predicted molar refractivity (Wildman–Crippen MR) is 118 cm³/mol. The van der Waals surface area contributed by atoms with E-state index < -0.39 is 23.2 Å². The molecule has 170 valence electrons. The molecule has 30 heavy (non-hydrogen) atoms. The molecule has 0 aliphatic carbocycles. The summed E-state index contributed by atoms with van der Waals surface area (Å²) in [6.45, 7) is 13.3. The predicted octanol–water partition coefficient (Wildman–Crippen LogP) is 4.75. The minimum Gasteiger partial charge on any atom is -0.392 e. The number of ether oxygens (including phenoxy) is 3. The molecule has 0 spiro atoms. The molecule has 1 fully saturated rings. The van der Waals surface area contributed by atoms with Crippen molar-refractivity contribution in [1.82, 2.24) is 0 Å². The lowest BCUT2D eigenvalue weighted by atomic mass is 9.72. The molecule has 1 aromatic carbocycles. The van der Waals surface area contributed by atoms with Gasteiger partial charge in [0.25, 0.3) is 0 Å². The Morgan fingerprint density at radius 2 is 1.93 bits per heavy atom. The van der Waals surface area contributed by atoms with E-state index in [-0.39, 0.29) is 17.8 Å². The summed E-state index contributed by atoms with van der Waals surface area (Å²) in [7, 11) is 0. The zero-order valence-corrected chi connectivity index (χ0v) is 19.5. The first-order valence-corrected chi connectivity index (χ1v) is 11.2. The standard InChI is InChI=1S/C25H40O5/c1-18(11-10-15-28-17-20-12-8-7-9-13-20)22(26)19(2)23(27)24(3,4)21-14-16-29-25(5,6)30-21/h7-9,12-13,18-19,21-22,26H,10-11,14-17H2,1-6H3/t18-,19+,21-,22-/m0/s1. The fraction of sp³-hybridized carbons (Fsp3) is 0.720. The summed E-state index contributed by atoms with van der Waals surface area (Å²) >= 11 is 0. The van der Waals surface area contributed by atoms with Crippen LogP contribution in [0.25, 0.3) is 0 Å². The lowest BCUT2D eigenvalue weighted by Crippen LogP contribution is -2.51. The molecule has 2 rings (SSSR count). The van der Waals surface area contributed by atoms with Gasteiger partial charge in [-0.3, -0.25) is 4.79 Å². The van der Waals surface area contributed by atoms with Crippen LogP contribution in [0, 0.1) is 17.3 Å². The van der Waals surface area contributed by atoms with E-state index in [1.807, 2.05) is 71.9 Å². The molecule has 0 saturated carbocycles. The van der Waals surface area contributed by atoms with Crippen LogP contribution in [-0.2, 0) is 25.6 Å². The number of rotatable bonds is 11. The van der Waals surface area contributed by atoms with Crippen LogP contribution in [-0.4, -0.2) is 42.1 Å². The van der Waals surface area contributed by atoms with Crippen molar-refractivity contribution in [3.63, 3.8) is 0 Å². The third-order valence-electron chi connectivity index (χ3n) is 6.26. The van der Waals surface area contributed by atoms with Crippen LogP contribution in [0.5, 0.6) is 0 Å². The molecule has 1 aromatic rings. The smallest absolute Gasteiger partial charge is 0.163 e. The van der Waals surface area contributed by atoms with Gasteiger partial charge < -0.3 is 19.3 Å². The second kappa shape index (κ2) is 10.9. The van der Waals surface area contributed by atoms with Crippen LogP contribution in [0.1, 0.15) is 66.4 Å². The number of hydrogen-bond donors (Lipinski definition) is 1. The highest BCUT2D eigenvalue weighted by atomic mass is 16.7. The molecular weight excluding hydrogens is 380 g/mol. The third kappa shape index (κ3) is 6.88. The van der Waals surface area contributed by atoms with Crippen molar-refractivity contribution in [2.24, 2.45) is 17.3 Å². The molecule has 1 aliphatic heterocycles. The molecule has 0 unspecified atom stereocenters. The molecule has 1 N–H and O–H groups in total. The number of aliphatic hydroxyl groups excluding tert-OH is 1. The molecule has 4 atom stereocenters. The SMILES string of the molecule is C[C@@H](CCCOCc1ccccc1)[C@H](O)[C@@H](C)C(=O)C(C)(C)[C@@H]1CCOC(C)(C)O1. The number of carbonyl (C=O) groups is 1. The highest BCUT2D eigenvalue weighted by Gasteiger charge is 2.45. The minimum absolute atomic E-state index is 0.0205. The Morgan fingerprint density at radius 1 is 1.27 bits per heavy atom. The molecule has 0 radical (unpaired) electrons. The molecule has 0 aromatic heterocycles. The van der Waals surface area contributed by atoms with E-state index in [0.717, 1.165) is 18.4 Å². The van der Waals surface area contributed by atoms with E-state index >= 15 is 0 Å². The number of benzene rings is 1. The summed E-state index contributed by atoms with van der Waals surface area (Å²) in [4.78, 5) is 13.2. The number of carbonyl (C=O) groups excluding carboxylic acids is 1. The van der Waals surface area contributed by atoms with Crippen molar-refractivity contribution in [2.45, 2.75) is 85.4 Å². The van der Waals surface area contributed by atoms with Gasteiger partial charge in [-0.05, 0) is 44.6 Å². The average Bonchev–Trinajstić information content (AvgIpc) is 2.71. The molecular formula is C25H40O5. The quantitative estimate of drug-likeness (QED) is 0.523.